The van der Waals surface area contributed by atoms with E-state index in [1.54, 1.807) is 12.5 Å². The monoisotopic (exact) mass is 271 g/mol. The van der Waals surface area contributed by atoms with E-state index in [1.165, 1.54) is 0 Å². The molecule has 6 nitrogen and oxygen atoms in total. The molecule has 2 aromatic rings. The zero-order valence-electron chi connectivity index (χ0n) is 11.3. The minimum atomic E-state index is 0.0167. The SMILES string of the molecule is CC(Cn1ccnc1)Nc1cc2c(cc1N)CC(=O)N2. The van der Waals surface area contributed by atoms with Gasteiger partial charge in [0.25, 0.3) is 0 Å². The third kappa shape index (κ3) is 2.45. The van der Waals surface area contributed by atoms with Crippen LogP contribution in [0.3, 0.4) is 0 Å². The molecule has 1 aromatic carbocycles. The van der Waals surface area contributed by atoms with Gasteiger partial charge in [-0.2, -0.15) is 0 Å². The van der Waals surface area contributed by atoms with Crippen molar-refractivity contribution in [3.63, 3.8) is 0 Å². The lowest BCUT2D eigenvalue weighted by Gasteiger charge is -2.18. The van der Waals surface area contributed by atoms with Crippen molar-refractivity contribution in [1.29, 1.82) is 0 Å². The molecule has 1 aliphatic heterocycles. The second kappa shape index (κ2) is 4.88. The quantitative estimate of drug-likeness (QED) is 0.735. The molecule has 6 heteroatoms. The van der Waals surface area contributed by atoms with E-state index in [1.807, 2.05) is 22.9 Å². The molecule has 0 spiro atoms. The van der Waals surface area contributed by atoms with Crippen LogP contribution in [0.4, 0.5) is 17.1 Å². The summed E-state index contributed by atoms with van der Waals surface area (Å²) in [5.41, 5.74) is 9.36. The summed E-state index contributed by atoms with van der Waals surface area (Å²) in [6.07, 6.45) is 5.87. The molecule has 1 amide bonds. The Balaban J connectivity index is 1.74. The van der Waals surface area contributed by atoms with Gasteiger partial charge in [-0.1, -0.05) is 0 Å². The van der Waals surface area contributed by atoms with E-state index >= 15 is 0 Å². The van der Waals surface area contributed by atoms with E-state index in [0.29, 0.717) is 12.1 Å². The lowest BCUT2D eigenvalue weighted by Crippen LogP contribution is -2.22. The fraction of sp³-hybridized carbons (Fsp3) is 0.286. The first-order valence-corrected chi connectivity index (χ1v) is 6.56. The average Bonchev–Trinajstić information content (AvgIpc) is 2.98. The minimum Gasteiger partial charge on any atom is -0.397 e. The van der Waals surface area contributed by atoms with Crippen LogP contribution in [0, 0.1) is 0 Å². The molecule has 0 aliphatic carbocycles. The van der Waals surface area contributed by atoms with Gasteiger partial charge in [-0.3, -0.25) is 4.79 Å². The van der Waals surface area contributed by atoms with Crippen molar-refractivity contribution in [2.45, 2.75) is 25.9 Å². The minimum absolute atomic E-state index is 0.0167. The van der Waals surface area contributed by atoms with Gasteiger partial charge in [-0.25, -0.2) is 4.98 Å². The van der Waals surface area contributed by atoms with Gasteiger partial charge >= 0.3 is 0 Å². The lowest BCUT2D eigenvalue weighted by atomic mass is 10.1. The number of hydrogen-bond acceptors (Lipinski definition) is 4. The molecule has 0 radical (unpaired) electrons. The second-order valence-electron chi connectivity index (χ2n) is 5.13. The van der Waals surface area contributed by atoms with Gasteiger partial charge in [0.15, 0.2) is 0 Å². The number of anilines is 3. The predicted octanol–water partition coefficient (Wildman–Crippen LogP) is 1.46. The third-order valence-corrected chi connectivity index (χ3v) is 3.35. The first kappa shape index (κ1) is 12.5. The number of amides is 1. The number of hydrogen-bond donors (Lipinski definition) is 3. The molecule has 1 unspecified atom stereocenters. The molecule has 1 atom stereocenters. The smallest absolute Gasteiger partial charge is 0.228 e. The fourth-order valence-electron chi connectivity index (χ4n) is 2.44. The highest BCUT2D eigenvalue weighted by Gasteiger charge is 2.19. The van der Waals surface area contributed by atoms with Gasteiger partial charge in [-0.05, 0) is 24.6 Å². The molecule has 1 aliphatic rings. The van der Waals surface area contributed by atoms with E-state index < -0.39 is 0 Å². The Bertz CT molecular complexity index is 635. The predicted molar refractivity (Wildman–Crippen MR) is 78.5 cm³/mol. The summed E-state index contributed by atoms with van der Waals surface area (Å²) in [5.74, 6) is 0.0167. The highest BCUT2D eigenvalue weighted by Crippen LogP contribution is 2.31. The molecule has 3 rings (SSSR count). The Hall–Kier alpha value is -2.50. The van der Waals surface area contributed by atoms with Crippen LogP contribution in [0.15, 0.2) is 30.9 Å². The number of aromatic nitrogens is 2. The van der Waals surface area contributed by atoms with E-state index in [4.69, 9.17) is 5.73 Å². The van der Waals surface area contributed by atoms with Crippen LogP contribution in [-0.4, -0.2) is 21.5 Å². The number of rotatable bonds is 4. The van der Waals surface area contributed by atoms with Crippen LogP contribution < -0.4 is 16.4 Å². The van der Waals surface area contributed by atoms with E-state index in [0.717, 1.165) is 23.5 Å². The summed E-state index contributed by atoms with van der Waals surface area (Å²) in [5, 5.41) is 6.20. The summed E-state index contributed by atoms with van der Waals surface area (Å²) >= 11 is 0. The van der Waals surface area contributed by atoms with E-state index in [2.05, 4.69) is 22.5 Å². The molecule has 0 fully saturated rings. The van der Waals surface area contributed by atoms with Crippen LogP contribution in [0.2, 0.25) is 0 Å². The van der Waals surface area contributed by atoms with Gasteiger partial charge in [0.2, 0.25) is 5.91 Å². The molecule has 0 saturated heterocycles. The molecule has 20 heavy (non-hydrogen) atoms. The van der Waals surface area contributed by atoms with Gasteiger partial charge in [0, 0.05) is 30.7 Å². The zero-order chi connectivity index (χ0) is 14.1. The maximum absolute atomic E-state index is 11.4. The van der Waals surface area contributed by atoms with Crippen molar-refractivity contribution < 1.29 is 4.79 Å². The maximum Gasteiger partial charge on any atom is 0.228 e. The first-order chi connectivity index (χ1) is 9.61. The Kier molecular flexibility index (Phi) is 3.06. The number of benzene rings is 1. The lowest BCUT2D eigenvalue weighted by molar-refractivity contribution is -0.115. The van der Waals surface area contributed by atoms with Gasteiger partial charge < -0.3 is 20.9 Å². The molecular weight excluding hydrogens is 254 g/mol. The summed E-state index contributed by atoms with van der Waals surface area (Å²) in [6, 6.07) is 3.96. The number of carbonyl (C=O) groups is 1. The number of fused-ring (bicyclic) bond motifs is 1. The van der Waals surface area contributed by atoms with Crippen molar-refractivity contribution in [3.8, 4) is 0 Å². The first-order valence-electron chi connectivity index (χ1n) is 6.56. The normalized spacial score (nSPS) is 14.8. The number of nitrogens with two attached hydrogens (primary N) is 1. The number of carbonyl (C=O) groups excluding carboxylic acids is 1. The molecular formula is C14H17N5O. The van der Waals surface area contributed by atoms with E-state index in [9.17, 15) is 4.79 Å². The standard InChI is InChI=1S/C14H17N5O/c1-9(7-19-3-2-16-8-19)17-13-6-12-10(4-11(13)15)5-14(20)18-12/h2-4,6,8-9,17H,5,7,15H2,1H3,(H,18,20). The van der Waals surface area contributed by atoms with E-state index in [-0.39, 0.29) is 11.9 Å². The summed E-state index contributed by atoms with van der Waals surface area (Å²) < 4.78 is 2.00. The van der Waals surface area contributed by atoms with Crippen molar-refractivity contribution in [3.05, 3.63) is 36.4 Å². The van der Waals surface area contributed by atoms with Crippen molar-refractivity contribution in [1.82, 2.24) is 9.55 Å². The second-order valence-corrected chi connectivity index (χ2v) is 5.13. The Morgan fingerprint density at radius 1 is 1.55 bits per heavy atom. The molecule has 0 bridgehead atoms. The largest absolute Gasteiger partial charge is 0.397 e. The Morgan fingerprint density at radius 3 is 3.15 bits per heavy atom. The van der Waals surface area contributed by atoms with Crippen LogP contribution >= 0.6 is 0 Å². The summed E-state index contributed by atoms with van der Waals surface area (Å²) in [4.78, 5) is 15.4. The molecule has 1 aromatic heterocycles. The Labute approximate surface area is 117 Å². The van der Waals surface area contributed by atoms with Crippen molar-refractivity contribution in [2.24, 2.45) is 0 Å². The van der Waals surface area contributed by atoms with Gasteiger partial charge in [-0.15, -0.1) is 0 Å². The van der Waals surface area contributed by atoms with Gasteiger partial charge in [0.05, 0.1) is 24.1 Å². The van der Waals surface area contributed by atoms with Crippen LogP contribution in [-0.2, 0) is 17.8 Å². The molecule has 4 N–H and O–H groups in total. The van der Waals surface area contributed by atoms with Crippen LogP contribution in [0.25, 0.3) is 0 Å². The maximum atomic E-state index is 11.4. The topological polar surface area (TPSA) is 85.0 Å². The molecule has 0 saturated carbocycles. The van der Waals surface area contributed by atoms with Gasteiger partial charge in [0.1, 0.15) is 0 Å². The zero-order valence-corrected chi connectivity index (χ0v) is 11.3. The highest BCUT2D eigenvalue weighted by molar-refractivity contribution is 6.00. The van der Waals surface area contributed by atoms with Crippen LogP contribution in [0.1, 0.15) is 12.5 Å². The van der Waals surface area contributed by atoms with Crippen molar-refractivity contribution in [2.75, 3.05) is 16.4 Å². The third-order valence-electron chi connectivity index (χ3n) is 3.35. The average molecular weight is 271 g/mol. The molecule has 104 valence electrons. The fourth-order valence-corrected chi connectivity index (χ4v) is 2.44. The summed E-state index contributed by atoms with van der Waals surface area (Å²) in [6.45, 7) is 2.87. The number of nitrogen functional groups attached to an aromatic ring is 1. The summed E-state index contributed by atoms with van der Waals surface area (Å²) in [7, 11) is 0. The highest BCUT2D eigenvalue weighted by atomic mass is 16.1. The Morgan fingerprint density at radius 2 is 2.40 bits per heavy atom. The number of imidazole rings is 1. The number of nitrogens with one attached hydrogen (secondary N) is 2. The van der Waals surface area contributed by atoms with Crippen LogP contribution in [0.5, 0.6) is 0 Å². The number of nitrogens with zero attached hydrogens (tertiary/aromatic N) is 2. The van der Waals surface area contributed by atoms with Crippen molar-refractivity contribution >= 4 is 23.0 Å². The molecule has 2 heterocycles.